The fraction of sp³-hybridized carbons (Fsp3) is 0.286. The van der Waals surface area contributed by atoms with Crippen molar-refractivity contribution in [2.75, 3.05) is 10.6 Å². The third-order valence-corrected chi connectivity index (χ3v) is 5.35. The number of aromatic nitrogens is 4. The van der Waals surface area contributed by atoms with Gasteiger partial charge in [0.25, 0.3) is 0 Å². The molecule has 0 unspecified atom stereocenters. The summed E-state index contributed by atoms with van der Waals surface area (Å²) < 4.78 is 1.80. The molecule has 28 heavy (non-hydrogen) atoms. The van der Waals surface area contributed by atoms with Crippen molar-refractivity contribution in [3.8, 4) is 0 Å². The van der Waals surface area contributed by atoms with Crippen LogP contribution in [0.3, 0.4) is 0 Å². The lowest BCUT2D eigenvalue weighted by molar-refractivity contribution is 0.410. The van der Waals surface area contributed by atoms with Gasteiger partial charge in [0.1, 0.15) is 5.82 Å². The molecule has 5 rings (SSSR count). The van der Waals surface area contributed by atoms with E-state index in [0.717, 1.165) is 59.4 Å². The van der Waals surface area contributed by atoms with Crippen molar-refractivity contribution >= 4 is 33.7 Å². The first-order chi connectivity index (χ1) is 13.7. The van der Waals surface area contributed by atoms with E-state index in [-0.39, 0.29) is 0 Å². The molecule has 1 aliphatic rings. The molecular weight excluding hydrogens is 350 g/mol. The van der Waals surface area contributed by atoms with Crippen LogP contribution in [0.2, 0.25) is 0 Å². The minimum atomic E-state index is 0.333. The van der Waals surface area contributed by atoms with Crippen molar-refractivity contribution in [2.24, 2.45) is 5.73 Å². The molecule has 4 aromatic rings. The van der Waals surface area contributed by atoms with Crippen molar-refractivity contribution in [3.05, 3.63) is 55.0 Å². The maximum absolute atomic E-state index is 6.03. The fourth-order valence-electron chi connectivity index (χ4n) is 3.85. The first-order valence-electron chi connectivity index (χ1n) is 9.73. The second-order valence-electron chi connectivity index (χ2n) is 7.44. The van der Waals surface area contributed by atoms with Crippen LogP contribution >= 0.6 is 0 Å². The van der Waals surface area contributed by atoms with Crippen molar-refractivity contribution in [3.63, 3.8) is 0 Å². The average molecular weight is 373 g/mol. The van der Waals surface area contributed by atoms with Gasteiger partial charge >= 0.3 is 0 Å². The van der Waals surface area contributed by atoms with Crippen LogP contribution < -0.4 is 16.4 Å². The molecule has 0 aliphatic heterocycles. The Morgan fingerprint density at radius 1 is 1.04 bits per heavy atom. The van der Waals surface area contributed by atoms with E-state index in [1.807, 2.05) is 36.7 Å². The van der Waals surface area contributed by atoms with Crippen molar-refractivity contribution in [1.82, 2.24) is 19.6 Å². The molecule has 3 heterocycles. The Labute approximate surface area is 163 Å². The highest BCUT2D eigenvalue weighted by Gasteiger charge is 2.19. The smallest absolute Gasteiger partial charge is 0.177 e. The topological polar surface area (TPSA) is 93.2 Å². The van der Waals surface area contributed by atoms with Crippen LogP contribution in [0, 0.1) is 0 Å². The number of pyridine rings is 1. The van der Waals surface area contributed by atoms with Crippen LogP contribution in [-0.2, 0) is 0 Å². The Morgan fingerprint density at radius 3 is 2.79 bits per heavy atom. The highest BCUT2D eigenvalue weighted by molar-refractivity contribution is 5.84. The highest BCUT2D eigenvalue weighted by Crippen LogP contribution is 2.26. The lowest BCUT2D eigenvalue weighted by atomic mass is 9.92. The number of anilines is 3. The summed E-state index contributed by atoms with van der Waals surface area (Å²) in [6.45, 7) is 0. The van der Waals surface area contributed by atoms with E-state index in [0.29, 0.717) is 12.1 Å². The summed E-state index contributed by atoms with van der Waals surface area (Å²) in [5, 5.41) is 12.8. The highest BCUT2D eigenvalue weighted by atomic mass is 15.3. The minimum absolute atomic E-state index is 0.333. The van der Waals surface area contributed by atoms with Gasteiger partial charge in [-0.05, 0) is 37.8 Å². The largest absolute Gasteiger partial charge is 0.366 e. The van der Waals surface area contributed by atoms with Crippen LogP contribution in [0.1, 0.15) is 25.7 Å². The molecule has 7 nitrogen and oxygen atoms in total. The number of hydrogen-bond donors (Lipinski definition) is 3. The van der Waals surface area contributed by atoms with Gasteiger partial charge < -0.3 is 16.4 Å². The molecule has 7 heteroatoms. The van der Waals surface area contributed by atoms with Crippen LogP contribution in [0.4, 0.5) is 17.2 Å². The number of rotatable bonds is 4. The van der Waals surface area contributed by atoms with Gasteiger partial charge in [-0.25, -0.2) is 9.50 Å². The first kappa shape index (κ1) is 16.9. The number of fused-ring (bicyclic) bond motifs is 2. The molecule has 1 aliphatic carbocycles. The van der Waals surface area contributed by atoms with Gasteiger partial charge in [-0.15, -0.1) is 5.10 Å². The van der Waals surface area contributed by atoms with Gasteiger partial charge in [0, 0.05) is 35.9 Å². The summed E-state index contributed by atoms with van der Waals surface area (Å²) in [6, 6.07) is 12.9. The van der Waals surface area contributed by atoms with E-state index in [4.69, 9.17) is 5.73 Å². The van der Waals surface area contributed by atoms with Crippen LogP contribution in [-0.4, -0.2) is 31.7 Å². The molecule has 3 aromatic heterocycles. The van der Waals surface area contributed by atoms with E-state index in [1.165, 1.54) is 0 Å². The SMILES string of the molecule is NC1CCC(Nc2cc(Nc3cnc4ccccc4c3)c3nccn3n2)CC1. The third-order valence-electron chi connectivity index (χ3n) is 5.35. The Hall–Kier alpha value is -3.19. The fourth-order valence-corrected chi connectivity index (χ4v) is 3.85. The number of hydrogen-bond acceptors (Lipinski definition) is 6. The minimum Gasteiger partial charge on any atom is -0.366 e. The normalized spacial score (nSPS) is 19.8. The lowest BCUT2D eigenvalue weighted by Gasteiger charge is -2.27. The maximum Gasteiger partial charge on any atom is 0.177 e. The predicted molar refractivity (Wildman–Crippen MR) is 112 cm³/mol. The molecule has 0 atom stereocenters. The van der Waals surface area contributed by atoms with Crippen molar-refractivity contribution < 1.29 is 0 Å². The molecule has 1 saturated carbocycles. The van der Waals surface area contributed by atoms with Gasteiger partial charge in [0.05, 0.1) is 23.1 Å². The summed E-state index contributed by atoms with van der Waals surface area (Å²) in [5.74, 6) is 0.835. The predicted octanol–water partition coefficient (Wildman–Crippen LogP) is 3.70. The summed E-state index contributed by atoms with van der Waals surface area (Å²) >= 11 is 0. The zero-order valence-corrected chi connectivity index (χ0v) is 15.5. The van der Waals surface area contributed by atoms with E-state index < -0.39 is 0 Å². The van der Waals surface area contributed by atoms with Gasteiger partial charge in [-0.1, -0.05) is 18.2 Å². The van der Waals surface area contributed by atoms with Crippen LogP contribution in [0.25, 0.3) is 16.6 Å². The Bertz CT molecular complexity index is 1110. The van der Waals surface area contributed by atoms with Gasteiger partial charge in [0.15, 0.2) is 5.65 Å². The van der Waals surface area contributed by atoms with E-state index in [9.17, 15) is 0 Å². The second kappa shape index (κ2) is 7.09. The number of para-hydroxylation sites is 1. The molecular formula is C21H23N7. The molecule has 142 valence electrons. The van der Waals surface area contributed by atoms with Crippen LogP contribution in [0.5, 0.6) is 0 Å². The number of imidazole rings is 1. The van der Waals surface area contributed by atoms with Crippen LogP contribution in [0.15, 0.2) is 55.0 Å². The van der Waals surface area contributed by atoms with Crippen molar-refractivity contribution in [1.29, 1.82) is 0 Å². The molecule has 4 N–H and O–H groups in total. The Morgan fingerprint density at radius 2 is 1.89 bits per heavy atom. The summed E-state index contributed by atoms with van der Waals surface area (Å²) in [4.78, 5) is 8.98. The third kappa shape index (κ3) is 3.36. The molecule has 1 fully saturated rings. The molecule has 1 aromatic carbocycles. The average Bonchev–Trinajstić information content (AvgIpc) is 3.19. The van der Waals surface area contributed by atoms with Gasteiger partial charge in [-0.2, -0.15) is 0 Å². The number of benzene rings is 1. The first-order valence-corrected chi connectivity index (χ1v) is 9.73. The molecule has 0 amide bonds. The van der Waals surface area contributed by atoms with Crippen molar-refractivity contribution in [2.45, 2.75) is 37.8 Å². The molecule has 0 bridgehead atoms. The number of nitrogens with one attached hydrogen (secondary N) is 2. The summed E-state index contributed by atoms with van der Waals surface area (Å²) in [7, 11) is 0. The summed E-state index contributed by atoms with van der Waals surface area (Å²) in [6.07, 6.45) is 9.72. The summed E-state index contributed by atoms with van der Waals surface area (Å²) in [5.41, 5.74) is 9.61. The lowest BCUT2D eigenvalue weighted by Crippen LogP contribution is -2.33. The number of nitrogens with zero attached hydrogens (tertiary/aromatic N) is 4. The molecule has 0 spiro atoms. The zero-order valence-electron chi connectivity index (χ0n) is 15.5. The number of nitrogens with two attached hydrogens (primary N) is 1. The van der Waals surface area contributed by atoms with E-state index >= 15 is 0 Å². The monoisotopic (exact) mass is 373 g/mol. The molecule has 0 saturated heterocycles. The molecule has 0 radical (unpaired) electrons. The second-order valence-corrected chi connectivity index (χ2v) is 7.44. The zero-order chi connectivity index (χ0) is 18.9. The van der Waals surface area contributed by atoms with E-state index in [2.05, 4.69) is 37.8 Å². The Balaban J connectivity index is 1.45. The quantitative estimate of drug-likeness (QED) is 0.505. The van der Waals surface area contributed by atoms with Gasteiger partial charge in [-0.3, -0.25) is 4.98 Å². The standard InChI is InChI=1S/C21H23N7/c22-15-5-7-16(8-6-15)26-20-12-19(21-23-9-10-28(21)27-20)25-17-11-14-3-1-2-4-18(14)24-13-17/h1-4,9-13,15-16,25H,5-8,22H2,(H,26,27). The van der Waals surface area contributed by atoms with E-state index in [1.54, 1.807) is 10.7 Å². The van der Waals surface area contributed by atoms with Gasteiger partial charge in [0.2, 0.25) is 0 Å². The Kier molecular flexibility index (Phi) is 4.29. The maximum atomic E-state index is 6.03.